The standard InChI is InChI=1S/C31H30O8/c1-35-27-14-9-20(17-30(27)38-4)6-11-24(32)23(16-22-8-13-26(34)29(19-22)37-3)25(33)12-7-21-10-15-28(36-2)31(18-21)39-5/h6-19,34H,1-5H3. The second-order valence-electron chi connectivity index (χ2n) is 8.11. The second-order valence-corrected chi connectivity index (χ2v) is 8.11. The van der Waals surface area contributed by atoms with Crippen molar-refractivity contribution >= 4 is 29.8 Å². The molecule has 39 heavy (non-hydrogen) atoms. The molecule has 0 heterocycles. The maximum absolute atomic E-state index is 13.3. The molecule has 0 aromatic heterocycles. The van der Waals surface area contributed by atoms with Gasteiger partial charge in [-0.3, -0.25) is 9.59 Å². The molecule has 3 aromatic rings. The van der Waals surface area contributed by atoms with Crippen LogP contribution in [0, 0.1) is 0 Å². The van der Waals surface area contributed by atoms with Gasteiger partial charge in [0, 0.05) is 0 Å². The minimum Gasteiger partial charge on any atom is -0.504 e. The van der Waals surface area contributed by atoms with Crippen LogP contribution in [-0.2, 0) is 9.59 Å². The Bertz CT molecular complexity index is 1350. The minimum atomic E-state index is -0.515. The fourth-order valence-electron chi connectivity index (χ4n) is 3.65. The van der Waals surface area contributed by atoms with Gasteiger partial charge in [0.1, 0.15) is 0 Å². The lowest BCUT2D eigenvalue weighted by Gasteiger charge is -2.08. The summed E-state index contributed by atoms with van der Waals surface area (Å²) in [4.78, 5) is 26.5. The molecular formula is C31H30O8. The molecule has 0 bridgehead atoms. The largest absolute Gasteiger partial charge is 0.504 e. The van der Waals surface area contributed by atoms with Crippen LogP contribution in [0.15, 0.2) is 72.3 Å². The first kappa shape index (κ1) is 28.6. The first-order chi connectivity index (χ1) is 18.8. The van der Waals surface area contributed by atoms with E-state index in [-0.39, 0.29) is 17.1 Å². The Kier molecular flexibility index (Phi) is 9.92. The third kappa shape index (κ3) is 7.29. The maximum atomic E-state index is 13.3. The monoisotopic (exact) mass is 530 g/mol. The summed E-state index contributed by atoms with van der Waals surface area (Å²) in [5, 5.41) is 9.93. The van der Waals surface area contributed by atoms with Crippen LogP contribution in [-0.4, -0.2) is 52.2 Å². The maximum Gasteiger partial charge on any atom is 0.189 e. The normalized spacial score (nSPS) is 10.8. The Hall–Kier alpha value is -4.98. The van der Waals surface area contributed by atoms with E-state index in [0.29, 0.717) is 39.7 Å². The zero-order valence-electron chi connectivity index (χ0n) is 22.4. The Morgan fingerprint density at radius 1 is 0.564 bits per heavy atom. The Labute approximate surface area is 227 Å². The fraction of sp³-hybridized carbons (Fsp3) is 0.161. The molecule has 0 spiro atoms. The SMILES string of the molecule is COc1cc(C=C(C(=O)C=Cc2ccc(OC)c(OC)c2)C(=O)C=Cc2ccc(OC)c(OC)c2)ccc1O. The molecular weight excluding hydrogens is 500 g/mol. The van der Waals surface area contributed by atoms with Crippen molar-refractivity contribution in [3.05, 3.63) is 89.0 Å². The summed E-state index contributed by atoms with van der Waals surface area (Å²) in [7, 11) is 7.53. The second kappa shape index (κ2) is 13.5. The summed E-state index contributed by atoms with van der Waals surface area (Å²) in [6, 6.07) is 14.9. The van der Waals surface area contributed by atoms with E-state index in [4.69, 9.17) is 23.7 Å². The Balaban J connectivity index is 1.97. The van der Waals surface area contributed by atoms with E-state index < -0.39 is 11.6 Å². The van der Waals surface area contributed by atoms with Gasteiger partial charge in [-0.25, -0.2) is 0 Å². The van der Waals surface area contributed by atoms with Gasteiger partial charge in [0.2, 0.25) is 0 Å². The topological polar surface area (TPSA) is 101 Å². The molecule has 0 atom stereocenters. The van der Waals surface area contributed by atoms with Gasteiger partial charge in [0.25, 0.3) is 0 Å². The number of carbonyl (C=O) groups is 2. The van der Waals surface area contributed by atoms with Crippen molar-refractivity contribution in [3.63, 3.8) is 0 Å². The molecule has 0 amide bonds. The summed E-state index contributed by atoms with van der Waals surface area (Å²) < 4.78 is 26.3. The van der Waals surface area contributed by atoms with Crippen molar-refractivity contribution in [2.75, 3.05) is 35.5 Å². The number of ether oxygens (including phenoxy) is 5. The Morgan fingerprint density at radius 3 is 1.41 bits per heavy atom. The molecule has 3 rings (SSSR count). The number of methoxy groups -OCH3 is 5. The third-order valence-electron chi connectivity index (χ3n) is 5.72. The Morgan fingerprint density at radius 2 is 0.974 bits per heavy atom. The molecule has 8 nitrogen and oxygen atoms in total. The number of ketones is 2. The summed E-state index contributed by atoms with van der Waals surface area (Å²) in [6.45, 7) is 0. The number of hydrogen-bond acceptors (Lipinski definition) is 8. The van der Waals surface area contributed by atoms with Crippen LogP contribution < -0.4 is 23.7 Å². The van der Waals surface area contributed by atoms with Crippen LogP contribution in [0.2, 0.25) is 0 Å². The van der Waals surface area contributed by atoms with E-state index in [9.17, 15) is 14.7 Å². The van der Waals surface area contributed by atoms with Crippen molar-refractivity contribution < 1.29 is 38.4 Å². The summed E-state index contributed by atoms with van der Waals surface area (Å²) in [5.74, 6) is 1.25. The lowest BCUT2D eigenvalue weighted by molar-refractivity contribution is -0.116. The van der Waals surface area contributed by atoms with Gasteiger partial charge in [0.15, 0.2) is 46.1 Å². The summed E-state index contributed by atoms with van der Waals surface area (Å²) in [6.07, 6.45) is 7.24. The van der Waals surface area contributed by atoms with Gasteiger partial charge >= 0.3 is 0 Å². The van der Waals surface area contributed by atoms with Gasteiger partial charge in [0.05, 0.1) is 41.1 Å². The summed E-state index contributed by atoms with van der Waals surface area (Å²) >= 11 is 0. The molecule has 0 radical (unpaired) electrons. The molecule has 202 valence electrons. The van der Waals surface area contributed by atoms with Crippen molar-refractivity contribution in [3.8, 4) is 34.5 Å². The van der Waals surface area contributed by atoms with E-state index in [1.54, 1.807) is 54.6 Å². The predicted molar refractivity (Wildman–Crippen MR) is 150 cm³/mol. The highest BCUT2D eigenvalue weighted by molar-refractivity contribution is 6.31. The molecule has 0 fully saturated rings. The van der Waals surface area contributed by atoms with Gasteiger partial charge in [-0.15, -0.1) is 0 Å². The fourth-order valence-corrected chi connectivity index (χ4v) is 3.65. The number of carbonyl (C=O) groups excluding carboxylic acids is 2. The number of benzene rings is 3. The highest BCUT2D eigenvalue weighted by Gasteiger charge is 2.15. The van der Waals surface area contributed by atoms with Crippen molar-refractivity contribution in [2.45, 2.75) is 0 Å². The molecule has 8 heteroatoms. The predicted octanol–water partition coefficient (Wildman–Crippen LogP) is 5.38. The molecule has 3 aromatic carbocycles. The minimum absolute atomic E-state index is 0.0597. The number of hydrogen-bond donors (Lipinski definition) is 1. The van der Waals surface area contributed by atoms with E-state index in [1.165, 1.54) is 65.9 Å². The number of phenolic OH excluding ortho intramolecular Hbond substituents is 1. The van der Waals surface area contributed by atoms with Crippen molar-refractivity contribution in [2.24, 2.45) is 0 Å². The number of phenols is 1. The first-order valence-electron chi connectivity index (χ1n) is 11.8. The number of rotatable bonds is 12. The van der Waals surface area contributed by atoms with Crippen molar-refractivity contribution in [1.29, 1.82) is 0 Å². The number of aromatic hydroxyl groups is 1. The van der Waals surface area contributed by atoms with E-state index in [2.05, 4.69) is 0 Å². The highest BCUT2D eigenvalue weighted by atomic mass is 16.5. The molecule has 1 N–H and O–H groups in total. The van der Waals surface area contributed by atoms with Crippen LogP contribution in [0.4, 0.5) is 0 Å². The average Bonchev–Trinajstić information content (AvgIpc) is 2.97. The molecule has 0 aliphatic carbocycles. The van der Waals surface area contributed by atoms with E-state index in [0.717, 1.165) is 0 Å². The van der Waals surface area contributed by atoms with E-state index >= 15 is 0 Å². The third-order valence-corrected chi connectivity index (χ3v) is 5.72. The van der Waals surface area contributed by atoms with E-state index in [1.807, 2.05) is 0 Å². The van der Waals surface area contributed by atoms with Crippen LogP contribution in [0.1, 0.15) is 16.7 Å². The zero-order valence-corrected chi connectivity index (χ0v) is 22.4. The molecule has 0 unspecified atom stereocenters. The van der Waals surface area contributed by atoms with Gasteiger partial charge < -0.3 is 28.8 Å². The quantitative estimate of drug-likeness (QED) is 0.189. The number of allylic oxidation sites excluding steroid dienone is 3. The lowest BCUT2D eigenvalue weighted by atomic mass is 10.0. The molecule has 0 saturated heterocycles. The summed E-state index contributed by atoms with van der Waals surface area (Å²) in [5.41, 5.74) is 1.77. The first-order valence-corrected chi connectivity index (χ1v) is 11.8. The highest BCUT2D eigenvalue weighted by Crippen LogP contribution is 2.30. The van der Waals surface area contributed by atoms with Crippen LogP contribution >= 0.6 is 0 Å². The zero-order chi connectivity index (χ0) is 28.4. The lowest BCUT2D eigenvalue weighted by Crippen LogP contribution is -2.08. The van der Waals surface area contributed by atoms with Gasteiger partial charge in [-0.1, -0.05) is 30.4 Å². The van der Waals surface area contributed by atoms with Crippen LogP contribution in [0.5, 0.6) is 34.5 Å². The molecule has 0 aliphatic rings. The molecule has 0 saturated carbocycles. The van der Waals surface area contributed by atoms with Crippen LogP contribution in [0.25, 0.3) is 18.2 Å². The molecule has 0 aliphatic heterocycles. The average molecular weight is 531 g/mol. The van der Waals surface area contributed by atoms with Crippen molar-refractivity contribution in [1.82, 2.24) is 0 Å². The van der Waals surface area contributed by atoms with Gasteiger partial charge in [-0.2, -0.15) is 0 Å². The van der Waals surface area contributed by atoms with Gasteiger partial charge in [-0.05, 0) is 71.3 Å². The van der Waals surface area contributed by atoms with Crippen LogP contribution in [0.3, 0.4) is 0 Å². The smallest absolute Gasteiger partial charge is 0.189 e.